The molecule has 4 aliphatic rings. The van der Waals surface area contributed by atoms with Crippen molar-refractivity contribution in [3.63, 3.8) is 0 Å². The zero-order valence-corrected chi connectivity index (χ0v) is 22.2. The number of carboxylic acids is 1. The highest BCUT2D eigenvalue weighted by molar-refractivity contribution is 5.90. The fourth-order valence-corrected chi connectivity index (χ4v) is 5.37. The Hall–Kier alpha value is -3.96. The summed E-state index contributed by atoms with van der Waals surface area (Å²) in [5.41, 5.74) is 1.91. The van der Waals surface area contributed by atoms with E-state index in [1.165, 1.54) is 9.80 Å². The van der Waals surface area contributed by atoms with Gasteiger partial charge in [0.1, 0.15) is 18.2 Å². The number of carbonyl (C=O) groups is 4. The van der Waals surface area contributed by atoms with Crippen LogP contribution in [0.1, 0.15) is 56.7 Å². The molecule has 0 saturated carbocycles. The normalized spacial score (nSPS) is 25.4. The van der Waals surface area contributed by atoms with Crippen molar-refractivity contribution in [3.8, 4) is 11.5 Å². The lowest BCUT2D eigenvalue weighted by molar-refractivity contribution is -0.150. The van der Waals surface area contributed by atoms with Crippen LogP contribution in [-0.2, 0) is 32.2 Å². The molecule has 0 radical (unpaired) electrons. The van der Waals surface area contributed by atoms with Crippen molar-refractivity contribution in [2.75, 3.05) is 19.9 Å². The first-order valence-corrected chi connectivity index (χ1v) is 13.1. The van der Waals surface area contributed by atoms with Crippen molar-refractivity contribution in [2.45, 2.75) is 71.3 Å². The summed E-state index contributed by atoms with van der Waals surface area (Å²) in [5, 5.41) is 12.5. The first-order valence-electron chi connectivity index (χ1n) is 13.1. The minimum absolute atomic E-state index is 0.0567. The van der Waals surface area contributed by atoms with Gasteiger partial charge in [0, 0.05) is 18.5 Å². The van der Waals surface area contributed by atoms with Crippen molar-refractivity contribution in [1.29, 1.82) is 0 Å². The zero-order chi connectivity index (χ0) is 27.9. The maximum Gasteiger partial charge on any atom is 0.410 e. The van der Waals surface area contributed by atoms with E-state index in [2.05, 4.69) is 5.32 Å². The largest absolute Gasteiger partial charge is 0.480 e. The molecule has 39 heavy (non-hydrogen) atoms. The van der Waals surface area contributed by atoms with E-state index < -0.39 is 47.7 Å². The molecule has 12 heteroatoms. The Bertz CT molecular complexity index is 1220. The van der Waals surface area contributed by atoms with E-state index in [9.17, 15) is 24.3 Å². The quantitative estimate of drug-likeness (QED) is 0.546. The number of nitrogens with one attached hydrogen (secondary N) is 1. The minimum Gasteiger partial charge on any atom is -0.480 e. The first kappa shape index (κ1) is 26.6. The number of cyclic esters (lactones) is 1. The average molecular weight is 544 g/mol. The number of hydrogen-bond acceptors (Lipinski definition) is 8. The first-order chi connectivity index (χ1) is 18.5. The highest BCUT2D eigenvalue weighted by atomic mass is 16.7. The van der Waals surface area contributed by atoms with Gasteiger partial charge in [-0.15, -0.1) is 0 Å². The number of hydrogen-bond donors (Lipinski definition) is 2. The summed E-state index contributed by atoms with van der Waals surface area (Å²) < 4.78 is 22.4. The number of ether oxygens (including phenoxy) is 4. The number of aliphatic carboxylic acids is 1. The predicted octanol–water partition coefficient (Wildman–Crippen LogP) is 2.87. The van der Waals surface area contributed by atoms with E-state index in [0.717, 1.165) is 16.7 Å². The third-order valence-corrected chi connectivity index (χ3v) is 7.38. The molecule has 1 fully saturated rings. The van der Waals surface area contributed by atoms with Gasteiger partial charge in [0.05, 0.1) is 19.7 Å². The van der Waals surface area contributed by atoms with E-state index >= 15 is 0 Å². The van der Waals surface area contributed by atoms with Crippen LogP contribution >= 0.6 is 0 Å². The maximum absolute atomic E-state index is 13.6. The molecule has 210 valence electrons. The van der Waals surface area contributed by atoms with Crippen molar-refractivity contribution >= 4 is 30.1 Å². The molecule has 1 aromatic carbocycles. The number of benzene rings is 1. The maximum atomic E-state index is 13.6. The summed E-state index contributed by atoms with van der Waals surface area (Å²) in [4.78, 5) is 54.1. The second kappa shape index (κ2) is 10.3. The third kappa shape index (κ3) is 5.32. The lowest BCUT2D eigenvalue weighted by Gasteiger charge is -2.34. The summed E-state index contributed by atoms with van der Waals surface area (Å²) >= 11 is 0. The molecule has 1 aromatic rings. The molecule has 1 saturated heterocycles. The molecule has 0 aromatic heterocycles. The number of alkyl carbamates (subject to hydrolysis) is 1. The predicted molar refractivity (Wildman–Crippen MR) is 136 cm³/mol. The van der Waals surface area contributed by atoms with Gasteiger partial charge in [-0.2, -0.15) is 0 Å². The van der Waals surface area contributed by atoms with Gasteiger partial charge in [-0.3, -0.25) is 9.69 Å². The molecule has 12 nitrogen and oxygen atoms in total. The van der Waals surface area contributed by atoms with Crippen LogP contribution in [0.2, 0.25) is 0 Å². The molecule has 4 bridgehead atoms. The monoisotopic (exact) mass is 543 g/mol. The number of nitrogens with zero attached hydrogens (tertiary/aromatic N) is 2. The number of rotatable bonds is 1. The van der Waals surface area contributed by atoms with E-state index in [4.69, 9.17) is 18.9 Å². The lowest BCUT2D eigenvalue weighted by Crippen LogP contribution is -2.57. The molecule has 5 rings (SSSR count). The fraction of sp³-hybridized carbons (Fsp3) is 0.556. The summed E-state index contributed by atoms with van der Waals surface area (Å²) in [7, 11) is 0. The lowest BCUT2D eigenvalue weighted by atomic mass is 9.85. The van der Waals surface area contributed by atoms with Gasteiger partial charge in [0.25, 0.3) is 0 Å². The van der Waals surface area contributed by atoms with Crippen LogP contribution in [0, 0.1) is 5.41 Å². The van der Waals surface area contributed by atoms with Crippen molar-refractivity contribution < 1.29 is 43.2 Å². The van der Waals surface area contributed by atoms with Crippen LogP contribution < -0.4 is 14.8 Å². The van der Waals surface area contributed by atoms with Crippen molar-refractivity contribution in [3.05, 3.63) is 28.8 Å². The second-order valence-corrected chi connectivity index (χ2v) is 11.2. The SMILES string of the molecule is CC(C)(C)[C@@H]1NC(=O)OCCCC=Cc2c3c(cc4c2OCO4)CN(C3)C(=O)O[C@@H]2CC(C(=O)O)N(C2)C1=O. The molecule has 0 aliphatic carbocycles. The molecule has 2 N–H and O–H groups in total. The van der Waals surface area contributed by atoms with E-state index in [1.807, 2.05) is 18.2 Å². The summed E-state index contributed by atoms with van der Waals surface area (Å²) in [6.07, 6.45) is 2.79. The molecular weight excluding hydrogens is 510 g/mol. The molecule has 4 heterocycles. The number of allylic oxidation sites excluding steroid dienone is 1. The second-order valence-electron chi connectivity index (χ2n) is 11.2. The molecule has 3 amide bonds. The Balaban J connectivity index is 1.44. The fourth-order valence-electron chi connectivity index (χ4n) is 5.37. The Morgan fingerprint density at radius 3 is 2.67 bits per heavy atom. The molecular formula is C27H33N3O9. The van der Waals surface area contributed by atoms with E-state index in [1.54, 1.807) is 20.8 Å². The van der Waals surface area contributed by atoms with Crippen molar-refractivity contribution in [1.82, 2.24) is 15.1 Å². The van der Waals surface area contributed by atoms with Crippen molar-refractivity contribution in [2.24, 2.45) is 5.41 Å². The zero-order valence-electron chi connectivity index (χ0n) is 22.2. The average Bonchev–Trinajstić information content (AvgIpc) is 3.60. The van der Waals surface area contributed by atoms with Crippen LogP contribution in [0.25, 0.3) is 6.08 Å². The Morgan fingerprint density at radius 1 is 1.13 bits per heavy atom. The highest BCUT2D eigenvalue weighted by Gasteiger charge is 2.47. The Morgan fingerprint density at radius 2 is 1.92 bits per heavy atom. The van der Waals surface area contributed by atoms with Crippen LogP contribution in [-0.4, -0.2) is 77.1 Å². The molecule has 3 atom stereocenters. The number of fused-ring (bicyclic) bond motifs is 5. The standard InChI is InChI=1S/C27H33N3O9/c1-27(2,3)22-23(31)30-12-16(10-19(30)24(32)33)39-26(35)29-11-15-9-20-21(38-14-37-20)17(18(15)13-29)7-5-4-6-8-36-25(34)28-22/h5,7,9,16,19,22H,4,6,8,10-14H2,1-3H3,(H,28,34)(H,32,33)/t16-,19?,22-/m1/s1. The van der Waals surface area contributed by atoms with Gasteiger partial charge in [0.2, 0.25) is 12.7 Å². The van der Waals surface area contributed by atoms with Gasteiger partial charge in [-0.05, 0) is 35.4 Å². The number of carboxylic acid groups (broad SMARTS) is 1. The summed E-state index contributed by atoms with van der Waals surface area (Å²) in [6.45, 7) is 6.04. The van der Waals surface area contributed by atoms with Gasteiger partial charge < -0.3 is 34.3 Å². The van der Waals surface area contributed by atoms with Gasteiger partial charge in [-0.25, -0.2) is 14.4 Å². The molecule has 4 aliphatic heterocycles. The summed E-state index contributed by atoms with van der Waals surface area (Å²) in [5.74, 6) is -0.560. The Labute approximate surface area is 225 Å². The molecule has 0 spiro atoms. The number of amides is 3. The van der Waals surface area contributed by atoms with Crippen LogP contribution in [0.5, 0.6) is 11.5 Å². The van der Waals surface area contributed by atoms with Crippen LogP contribution in [0.15, 0.2) is 12.1 Å². The van der Waals surface area contributed by atoms with Gasteiger partial charge in [-0.1, -0.05) is 32.9 Å². The van der Waals surface area contributed by atoms with E-state index in [-0.39, 0.29) is 32.9 Å². The number of carbonyl (C=O) groups excluding carboxylic acids is 3. The van der Waals surface area contributed by atoms with Gasteiger partial charge >= 0.3 is 18.2 Å². The smallest absolute Gasteiger partial charge is 0.410 e. The Kier molecular flexibility index (Phi) is 7.04. The van der Waals surface area contributed by atoms with Crippen LogP contribution in [0.3, 0.4) is 0 Å². The van der Waals surface area contributed by atoms with E-state index in [0.29, 0.717) is 30.9 Å². The third-order valence-electron chi connectivity index (χ3n) is 7.38. The molecule has 1 unspecified atom stereocenters. The van der Waals surface area contributed by atoms with Crippen LogP contribution in [0.4, 0.5) is 9.59 Å². The summed E-state index contributed by atoms with van der Waals surface area (Å²) in [6, 6.07) is -0.379. The topological polar surface area (TPSA) is 144 Å². The van der Waals surface area contributed by atoms with Gasteiger partial charge in [0.15, 0.2) is 11.5 Å². The minimum atomic E-state index is -1.21. The highest BCUT2D eigenvalue weighted by Crippen LogP contribution is 2.43.